The zero-order valence-corrected chi connectivity index (χ0v) is 11.3. The van der Waals surface area contributed by atoms with Gasteiger partial charge in [0.15, 0.2) is 0 Å². The van der Waals surface area contributed by atoms with Crippen molar-refractivity contribution in [2.45, 2.75) is 19.6 Å². The minimum absolute atomic E-state index is 0.0375. The molecule has 0 aliphatic carbocycles. The molecule has 2 aromatic rings. The molecular formula is C14H16FN3O2. The van der Waals surface area contributed by atoms with Gasteiger partial charge in [-0.05, 0) is 24.6 Å². The van der Waals surface area contributed by atoms with Gasteiger partial charge in [0, 0.05) is 19.6 Å². The number of aromatic nitrogens is 2. The lowest BCUT2D eigenvalue weighted by Crippen LogP contribution is -2.38. The van der Waals surface area contributed by atoms with Crippen LogP contribution < -0.4 is 0 Å². The highest BCUT2D eigenvalue weighted by Gasteiger charge is 2.23. The first-order valence-electron chi connectivity index (χ1n) is 6.60. The van der Waals surface area contributed by atoms with Crippen LogP contribution in [0.3, 0.4) is 0 Å². The molecule has 1 aliphatic heterocycles. The Morgan fingerprint density at radius 3 is 2.80 bits per heavy atom. The SMILES string of the molecule is Cc1nonc1CN1CCOC(c2ccc(F)cc2)C1. The molecule has 1 unspecified atom stereocenters. The lowest BCUT2D eigenvalue weighted by Gasteiger charge is -2.32. The van der Waals surface area contributed by atoms with Gasteiger partial charge in [-0.2, -0.15) is 0 Å². The van der Waals surface area contributed by atoms with Crippen LogP contribution in [0.25, 0.3) is 0 Å². The smallest absolute Gasteiger partial charge is 0.123 e. The lowest BCUT2D eigenvalue weighted by molar-refractivity contribution is -0.0335. The van der Waals surface area contributed by atoms with Gasteiger partial charge in [-0.15, -0.1) is 0 Å². The minimum atomic E-state index is -0.231. The van der Waals surface area contributed by atoms with E-state index in [1.54, 1.807) is 12.1 Å². The average molecular weight is 277 g/mol. The predicted molar refractivity (Wildman–Crippen MR) is 69.4 cm³/mol. The second-order valence-corrected chi connectivity index (χ2v) is 4.94. The number of halogens is 1. The van der Waals surface area contributed by atoms with Crippen molar-refractivity contribution in [3.8, 4) is 0 Å². The maximum Gasteiger partial charge on any atom is 0.123 e. The summed E-state index contributed by atoms with van der Waals surface area (Å²) >= 11 is 0. The number of aryl methyl sites for hydroxylation is 1. The molecule has 6 heteroatoms. The fourth-order valence-electron chi connectivity index (χ4n) is 2.33. The Balaban J connectivity index is 1.67. The Labute approximate surface area is 116 Å². The van der Waals surface area contributed by atoms with Crippen LogP contribution in [0.15, 0.2) is 28.9 Å². The first kappa shape index (κ1) is 13.2. The van der Waals surface area contributed by atoms with Gasteiger partial charge in [-0.25, -0.2) is 9.02 Å². The highest BCUT2D eigenvalue weighted by molar-refractivity contribution is 5.19. The first-order valence-corrected chi connectivity index (χ1v) is 6.60. The van der Waals surface area contributed by atoms with Gasteiger partial charge in [0.25, 0.3) is 0 Å². The van der Waals surface area contributed by atoms with Crippen LogP contribution >= 0.6 is 0 Å². The maximum absolute atomic E-state index is 13.0. The van der Waals surface area contributed by atoms with Crippen molar-refractivity contribution >= 4 is 0 Å². The topological polar surface area (TPSA) is 51.4 Å². The average Bonchev–Trinajstić information content (AvgIpc) is 2.85. The molecule has 1 atom stereocenters. The van der Waals surface area contributed by atoms with Gasteiger partial charge in [0.2, 0.25) is 0 Å². The summed E-state index contributed by atoms with van der Waals surface area (Å²) in [5.74, 6) is -0.231. The third-order valence-electron chi connectivity index (χ3n) is 3.51. The van der Waals surface area contributed by atoms with Gasteiger partial charge in [-0.1, -0.05) is 22.4 Å². The van der Waals surface area contributed by atoms with E-state index in [1.807, 2.05) is 6.92 Å². The van der Waals surface area contributed by atoms with E-state index in [9.17, 15) is 4.39 Å². The maximum atomic E-state index is 13.0. The molecular weight excluding hydrogens is 261 g/mol. The zero-order chi connectivity index (χ0) is 13.9. The second-order valence-electron chi connectivity index (χ2n) is 4.94. The van der Waals surface area contributed by atoms with Crippen molar-refractivity contribution in [1.82, 2.24) is 15.2 Å². The Hall–Kier alpha value is -1.79. The van der Waals surface area contributed by atoms with Crippen LogP contribution in [0.1, 0.15) is 23.1 Å². The molecule has 0 radical (unpaired) electrons. The molecule has 20 heavy (non-hydrogen) atoms. The highest BCUT2D eigenvalue weighted by Crippen LogP contribution is 2.23. The number of hydrogen-bond acceptors (Lipinski definition) is 5. The van der Waals surface area contributed by atoms with Crippen LogP contribution in [0, 0.1) is 12.7 Å². The zero-order valence-electron chi connectivity index (χ0n) is 11.3. The molecule has 106 valence electrons. The molecule has 1 aromatic heterocycles. The molecule has 0 bridgehead atoms. The Kier molecular flexibility index (Phi) is 3.75. The van der Waals surface area contributed by atoms with Crippen molar-refractivity contribution in [3.63, 3.8) is 0 Å². The fraction of sp³-hybridized carbons (Fsp3) is 0.429. The third kappa shape index (κ3) is 2.86. The van der Waals surface area contributed by atoms with Crippen molar-refractivity contribution in [1.29, 1.82) is 0 Å². The largest absolute Gasteiger partial charge is 0.371 e. The molecule has 1 aliphatic rings. The monoisotopic (exact) mass is 277 g/mol. The van der Waals surface area contributed by atoms with E-state index in [0.717, 1.165) is 30.0 Å². The van der Waals surface area contributed by atoms with E-state index in [2.05, 4.69) is 15.2 Å². The standard InChI is InChI=1S/C14H16FN3O2/c1-10-13(17-20-16-10)8-18-6-7-19-14(9-18)11-2-4-12(15)5-3-11/h2-5,14H,6-9H2,1H3. The van der Waals surface area contributed by atoms with E-state index in [4.69, 9.17) is 9.37 Å². The quantitative estimate of drug-likeness (QED) is 0.860. The summed E-state index contributed by atoms with van der Waals surface area (Å²) in [5.41, 5.74) is 2.66. The predicted octanol–water partition coefficient (Wildman–Crippen LogP) is 2.09. The molecule has 1 fully saturated rings. The molecule has 1 saturated heterocycles. The van der Waals surface area contributed by atoms with Crippen molar-refractivity contribution in [2.75, 3.05) is 19.7 Å². The Morgan fingerprint density at radius 1 is 1.30 bits per heavy atom. The van der Waals surface area contributed by atoms with Crippen LogP contribution in [0.4, 0.5) is 4.39 Å². The Bertz CT molecular complexity index is 570. The van der Waals surface area contributed by atoms with E-state index in [-0.39, 0.29) is 11.9 Å². The highest BCUT2D eigenvalue weighted by atomic mass is 19.1. The van der Waals surface area contributed by atoms with E-state index < -0.39 is 0 Å². The Morgan fingerprint density at radius 2 is 2.10 bits per heavy atom. The molecule has 3 rings (SSSR count). The van der Waals surface area contributed by atoms with Crippen LogP contribution in [-0.2, 0) is 11.3 Å². The summed E-state index contributed by atoms with van der Waals surface area (Å²) < 4.78 is 23.4. The summed E-state index contributed by atoms with van der Waals surface area (Å²) in [7, 11) is 0. The van der Waals surface area contributed by atoms with Crippen molar-refractivity contribution < 1.29 is 13.8 Å². The first-order chi connectivity index (χ1) is 9.72. The van der Waals surface area contributed by atoms with E-state index in [1.165, 1.54) is 12.1 Å². The number of nitrogens with zero attached hydrogens (tertiary/aromatic N) is 3. The minimum Gasteiger partial charge on any atom is -0.371 e. The molecule has 0 saturated carbocycles. The number of benzene rings is 1. The summed E-state index contributed by atoms with van der Waals surface area (Å²) in [6.07, 6.45) is -0.0375. The van der Waals surface area contributed by atoms with Crippen molar-refractivity contribution in [2.24, 2.45) is 0 Å². The molecule has 0 N–H and O–H groups in total. The number of rotatable bonds is 3. The molecule has 0 spiro atoms. The fourth-order valence-corrected chi connectivity index (χ4v) is 2.33. The van der Waals surface area contributed by atoms with Gasteiger partial charge >= 0.3 is 0 Å². The lowest BCUT2D eigenvalue weighted by atomic mass is 10.1. The van der Waals surface area contributed by atoms with Gasteiger partial charge in [0.1, 0.15) is 17.2 Å². The second kappa shape index (κ2) is 5.68. The molecule has 2 heterocycles. The third-order valence-corrected chi connectivity index (χ3v) is 3.51. The summed E-state index contributed by atoms with van der Waals surface area (Å²) in [4.78, 5) is 2.24. The number of ether oxygens (including phenoxy) is 1. The van der Waals surface area contributed by atoms with Gasteiger partial charge in [0.05, 0.1) is 12.7 Å². The van der Waals surface area contributed by atoms with Crippen molar-refractivity contribution in [3.05, 3.63) is 47.0 Å². The van der Waals surface area contributed by atoms with Crippen LogP contribution in [0.2, 0.25) is 0 Å². The van der Waals surface area contributed by atoms with Crippen LogP contribution in [0.5, 0.6) is 0 Å². The number of morpholine rings is 1. The summed E-state index contributed by atoms with van der Waals surface area (Å²) in [6, 6.07) is 6.46. The normalized spacial score (nSPS) is 20.2. The number of hydrogen-bond donors (Lipinski definition) is 0. The van der Waals surface area contributed by atoms with Gasteiger partial charge in [-0.3, -0.25) is 4.90 Å². The molecule has 1 aromatic carbocycles. The summed E-state index contributed by atoms with van der Waals surface area (Å²) in [6.45, 7) is 4.80. The van der Waals surface area contributed by atoms with Gasteiger partial charge < -0.3 is 4.74 Å². The molecule has 0 amide bonds. The van der Waals surface area contributed by atoms with E-state index >= 15 is 0 Å². The van der Waals surface area contributed by atoms with E-state index in [0.29, 0.717) is 13.2 Å². The molecule has 5 nitrogen and oxygen atoms in total. The van der Waals surface area contributed by atoms with Crippen LogP contribution in [-0.4, -0.2) is 34.9 Å². The summed E-state index contributed by atoms with van der Waals surface area (Å²) in [5, 5.41) is 7.68.